The number of ether oxygens (including phenoxy) is 4. The molecular formula is C19H28N2O5. The van der Waals surface area contributed by atoms with Crippen LogP contribution in [0.25, 0.3) is 6.08 Å². The molecule has 144 valence electrons. The van der Waals surface area contributed by atoms with E-state index < -0.39 is 0 Å². The molecular weight excluding hydrogens is 336 g/mol. The van der Waals surface area contributed by atoms with Gasteiger partial charge >= 0.3 is 5.97 Å². The number of hydrogen-bond acceptors (Lipinski definition) is 7. The Balaban J connectivity index is 1.83. The van der Waals surface area contributed by atoms with Gasteiger partial charge in [0.1, 0.15) is 0 Å². The van der Waals surface area contributed by atoms with E-state index in [1.54, 1.807) is 39.5 Å². The highest BCUT2D eigenvalue weighted by Crippen LogP contribution is 2.38. The molecule has 1 saturated heterocycles. The summed E-state index contributed by atoms with van der Waals surface area (Å²) in [5.74, 6) is 1.23. The van der Waals surface area contributed by atoms with Gasteiger partial charge in [0.15, 0.2) is 11.5 Å². The number of nitrogens with one attached hydrogen (secondary N) is 1. The number of rotatable bonds is 9. The summed E-state index contributed by atoms with van der Waals surface area (Å²) in [6.07, 6.45) is 3.92. The van der Waals surface area contributed by atoms with Crippen LogP contribution in [-0.4, -0.2) is 71.5 Å². The van der Waals surface area contributed by atoms with E-state index in [2.05, 4.69) is 10.2 Å². The fraction of sp³-hybridized carbons (Fsp3) is 0.526. The molecule has 26 heavy (non-hydrogen) atoms. The second-order valence-corrected chi connectivity index (χ2v) is 5.90. The van der Waals surface area contributed by atoms with Gasteiger partial charge in [0.25, 0.3) is 0 Å². The zero-order valence-electron chi connectivity index (χ0n) is 15.7. The Morgan fingerprint density at radius 3 is 2.35 bits per heavy atom. The van der Waals surface area contributed by atoms with Crippen molar-refractivity contribution in [3.05, 3.63) is 23.8 Å². The van der Waals surface area contributed by atoms with Gasteiger partial charge in [-0.3, -0.25) is 0 Å². The van der Waals surface area contributed by atoms with Crippen molar-refractivity contribution in [2.24, 2.45) is 0 Å². The number of hydrogen-bond donors (Lipinski definition) is 1. The van der Waals surface area contributed by atoms with Gasteiger partial charge in [0.05, 0.1) is 27.9 Å². The lowest BCUT2D eigenvalue weighted by Crippen LogP contribution is -2.43. The standard InChI is InChI=1S/C19H28N2O5/c1-23-16-13-15(14-17(24-2)19(16)25-3)5-6-18(22)26-12-4-9-21-10-7-20-8-11-21/h5-6,13-14,20H,4,7-12H2,1-3H3/b6-5+. The van der Waals surface area contributed by atoms with Gasteiger partial charge in [-0.15, -0.1) is 0 Å². The molecule has 0 amide bonds. The molecule has 1 aliphatic heterocycles. The number of benzene rings is 1. The first-order valence-electron chi connectivity index (χ1n) is 8.76. The van der Waals surface area contributed by atoms with Crippen LogP contribution in [0.1, 0.15) is 12.0 Å². The van der Waals surface area contributed by atoms with Gasteiger partial charge in [-0.05, 0) is 30.2 Å². The third kappa shape index (κ3) is 5.93. The van der Waals surface area contributed by atoms with Gasteiger partial charge in [-0.1, -0.05) is 0 Å². The Hall–Kier alpha value is -2.25. The first-order chi connectivity index (χ1) is 12.7. The molecule has 0 spiro atoms. The van der Waals surface area contributed by atoms with Crippen LogP contribution in [0, 0.1) is 0 Å². The largest absolute Gasteiger partial charge is 0.493 e. The van der Waals surface area contributed by atoms with E-state index in [9.17, 15) is 4.79 Å². The van der Waals surface area contributed by atoms with Crippen LogP contribution in [0.4, 0.5) is 0 Å². The first kappa shape index (κ1) is 20.1. The number of methoxy groups -OCH3 is 3. The molecule has 1 aromatic rings. The number of esters is 1. The molecule has 0 bridgehead atoms. The second-order valence-electron chi connectivity index (χ2n) is 5.90. The fourth-order valence-electron chi connectivity index (χ4n) is 2.81. The van der Waals surface area contributed by atoms with Gasteiger partial charge in [-0.2, -0.15) is 0 Å². The van der Waals surface area contributed by atoms with E-state index in [4.69, 9.17) is 18.9 Å². The summed E-state index contributed by atoms with van der Waals surface area (Å²) >= 11 is 0. The van der Waals surface area contributed by atoms with Crippen LogP contribution in [0.15, 0.2) is 18.2 Å². The maximum Gasteiger partial charge on any atom is 0.330 e. The minimum absolute atomic E-state index is 0.362. The second kappa shape index (κ2) is 10.7. The van der Waals surface area contributed by atoms with E-state index in [0.29, 0.717) is 23.9 Å². The molecule has 1 aliphatic rings. The smallest absolute Gasteiger partial charge is 0.330 e. The Labute approximate surface area is 154 Å². The van der Waals surface area contributed by atoms with Crippen molar-refractivity contribution in [2.75, 3.05) is 60.7 Å². The van der Waals surface area contributed by atoms with E-state index in [1.165, 1.54) is 6.08 Å². The number of piperazine rings is 1. The summed E-state index contributed by atoms with van der Waals surface area (Å²) in [6, 6.07) is 3.55. The predicted octanol–water partition coefficient (Wildman–Crippen LogP) is 1.56. The molecule has 0 unspecified atom stereocenters. The number of nitrogens with zero attached hydrogens (tertiary/aromatic N) is 1. The zero-order valence-corrected chi connectivity index (χ0v) is 15.7. The molecule has 0 atom stereocenters. The average molecular weight is 364 g/mol. The van der Waals surface area contributed by atoms with Crippen LogP contribution in [0.5, 0.6) is 17.2 Å². The monoisotopic (exact) mass is 364 g/mol. The molecule has 1 N–H and O–H groups in total. The van der Waals surface area contributed by atoms with Crippen molar-refractivity contribution in [2.45, 2.75) is 6.42 Å². The Morgan fingerprint density at radius 2 is 1.77 bits per heavy atom. The van der Waals surface area contributed by atoms with Crippen molar-refractivity contribution >= 4 is 12.0 Å². The van der Waals surface area contributed by atoms with Crippen molar-refractivity contribution in [3.8, 4) is 17.2 Å². The number of carbonyl (C=O) groups is 1. The fourth-order valence-corrected chi connectivity index (χ4v) is 2.81. The lowest BCUT2D eigenvalue weighted by Gasteiger charge is -2.26. The highest BCUT2D eigenvalue weighted by molar-refractivity contribution is 5.87. The molecule has 7 heteroatoms. The maximum atomic E-state index is 11.9. The Kier molecular flexibility index (Phi) is 8.24. The van der Waals surface area contributed by atoms with E-state index in [0.717, 1.165) is 44.7 Å². The van der Waals surface area contributed by atoms with Crippen LogP contribution in [0.3, 0.4) is 0 Å². The Bertz CT molecular complexity index is 587. The van der Waals surface area contributed by atoms with Gasteiger partial charge < -0.3 is 29.2 Å². The average Bonchev–Trinajstić information content (AvgIpc) is 2.69. The normalized spacial score (nSPS) is 15.0. The van der Waals surface area contributed by atoms with Crippen LogP contribution < -0.4 is 19.5 Å². The van der Waals surface area contributed by atoms with Gasteiger partial charge in [0.2, 0.25) is 5.75 Å². The molecule has 0 aliphatic carbocycles. The molecule has 0 radical (unpaired) electrons. The SMILES string of the molecule is COc1cc(/C=C/C(=O)OCCCN2CCNCC2)cc(OC)c1OC. The molecule has 2 rings (SSSR count). The summed E-state index contributed by atoms with van der Waals surface area (Å²) in [7, 11) is 4.66. The minimum atomic E-state index is -0.362. The predicted molar refractivity (Wildman–Crippen MR) is 100 cm³/mol. The lowest BCUT2D eigenvalue weighted by atomic mass is 10.1. The molecule has 0 aromatic heterocycles. The summed E-state index contributed by atoms with van der Waals surface area (Å²) in [5, 5.41) is 3.32. The van der Waals surface area contributed by atoms with E-state index in [-0.39, 0.29) is 5.97 Å². The van der Waals surface area contributed by atoms with Crippen LogP contribution in [-0.2, 0) is 9.53 Å². The summed E-state index contributed by atoms with van der Waals surface area (Å²) in [4.78, 5) is 14.3. The van der Waals surface area contributed by atoms with Crippen LogP contribution in [0.2, 0.25) is 0 Å². The Morgan fingerprint density at radius 1 is 1.12 bits per heavy atom. The summed E-state index contributed by atoms with van der Waals surface area (Å²) in [5.41, 5.74) is 0.761. The molecule has 1 aromatic carbocycles. The van der Waals surface area contributed by atoms with Crippen molar-refractivity contribution in [3.63, 3.8) is 0 Å². The maximum absolute atomic E-state index is 11.9. The van der Waals surface area contributed by atoms with Crippen molar-refractivity contribution in [1.82, 2.24) is 10.2 Å². The highest BCUT2D eigenvalue weighted by Gasteiger charge is 2.12. The zero-order chi connectivity index (χ0) is 18.8. The molecule has 7 nitrogen and oxygen atoms in total. The first-order valence-corrected chi connectivity index (χ1v) is 8.76. The van der Waals surface area contributed by atoms with E-state index in [1.807, 2.05) is 0 Å². The summed E-state index contributed by atoms with van der Waals surface area (Å²) in [6.45, 7) is 5.52. The van der Waals surface area contributed by atoms with Crippen LogP contribution >= 0.6 is 0 Å². The molecule has 1 fully saturated rings. The quantitative estimate of drug-likeness (QED) is 0.405. The lowest BCUT2D eigenvalue weighted by molar-refractivity contribution is -0.137. The minimum Gasteiger partial charge on any atom is -0.493 e. The summed E-state index contributed by atoms with van der Waals surface area (Å²) < 4.78 is 21.1. The van der Waals surface area contributed by atoms with Crippen molar-refractivity contribution < 1.29 is 23.7 Å². The van der Waals surface area contributed by atoms with E-state index >= 15 is 0 Å². The number of carbonyl (C=O) groups excluding carboxylic acids is 1. The topological polar surface area (TPSA) is 69.3 Å². The third-order valence-corrected chi connectivity index (χ3v) is 4.17. The van der Waals surface area contributed by atoms with Crippen molar-refractivity contribution in [1.29, 1.82) is 0 Å². The highest BCUT2D eigenvalue weighted by atomic mass is 16.5. The third-order valence-electron chi connectivity index (χ3n) is 4.17. The molecule has 0 saturated carbocycles. The molecule has 1 heterocycles. The van der Waals surface area contributed by atoms with Gasteiger partial charge in [-0.25, -0.2) is 4.79 Å². The van der Waals surface area contributed by atoms with Gasteiger partial charge in [0, 0.05) is 38.8 Å².